The number of hydrogen-bond acceptors (Lipinski definition) is 5. The summed E-state index contributed by atoms with van der Waals surface area (Å²) < 4.78 is 0. The highest BCUT2D eigenvalue weighted by Gasteiger charge is 2.26. The molecule has 29 heavy (non-hydrogen) atoms. The molecule has 6 N–H and O–H groups in total. The highest BCUT2D eigenvalue weighted by Crippen LogP contribution is 2.27. The van der Waals surface area contributed by atoms with Crippen LogP contribution in [0, 0.1) is 11.8 Å². The van der Waals surface area contributed by atoms with Gasteiger partial charge in [0, 0.05) is 6.54 Å². The van der Waals surface area contributed by atoms with Crippen LogP contribution in [0.5, 0.6) is 0 Å². The lowest BCUT2D eigenvalue weighted by Gasteiger charge is -2.26. The Kier molecular flexibility index (Phi) is 11.3. The quantitative estimate of drug-likeness (QED) is 0.320. The standard InChI is InChI=1S/C20H37N5O4/c1-4-22-16(26)11-23-19(28)15(10-14-8-6-5-7-9-14)25-17(27)12-24-20(29)18(21)13(2)3/h13-15,18H,4-12,21H2,1-3H3,(H,22,26)(H,23,28)(H,24,29)(H,25,27). The summed E-state index contributed by atoms with van der Waals surface area (Å²) in [6.45, 7) is 5.54. The summed E-state index contributed by atoms with van der Waals surface area (Å²) >= 11 is 0. The number of nitrogens with one attached hydrogen (secondary N) is 4. The summed E-state index contributed by atoms with van der Waals surface area (Å²) in [6, 6.07) is -1.43. The smallest absolute Gasteiger partial charge is 0.243 e. The molecule has 1 aliphatic rings. The number of nitrogens with two attached hydrogens (primary N) is 1. The molecule has 1 fully saturated rings. The largest absolute Gasteiger partial charge is 0.355 e. The van der Waals surface area contributed by atoms with Crippen LogP contribution in [-0.4, -0.2) is 55.3 Å². The highest BCUT2D eigenvalue weighted by atomic mass is 16.2. The van der Waals surface area contributed by atoms with Gasteiger partial charge in [0.05, 0.1) is 19.1 Å². The predicted octanol–water partition coefficient (Wildman–Crippen LogP) is -0.207. The van der Waals surface area contributed by atoms with E-state index in [0.29, 0.717) is 18.9 Å². The molecule has 2 unspecified atom stereocenters. The Labute approximate surface area is 173 Å². The first-order chi connectivity index (χ1) is 13.7. The summed E-state index contributed by atoms with van der Waals surface area (Å²) in [6.07, 6.45) is 6.00. The van der Waals surface area contributed by atoms with Gasteiger partial charge in [0.25, 0.3) is 0 Å². The minimum atomic E-state index is -0.740. The Hall–Kier alpha value is -2.16. The molecule has 0 bridgehead atoms. The van der Waals surface area contributed by atoms with Crippen LogP contribution >= 0.6 is 0 Å². The molecule has 0 radical (unpaired) electrons. The third-order valence-electron chi connectivity index (χ3n) is 5.19. The summed E-state index contributed by atoms with van der Waals surface area (Å²) in [7, 11) is 0. The second-order valence-corrected chi connectivity index (χ2v) is 8.02. The van der Waals surface area contributed by atoms with Gasteiger partial charge in [0.1, 0.15) is 6.04 Å². The molecule has 0 spiro atoms. The third kappa shape index (κ3) is 9.74. The molecule has 9 nitrogen and oxygen atoms in total. The van der Waals surface area contributed by atoms with E-state index in [0.717, 1.165) is 25.7 Å². The summed E-state index contributed by atoms with van der Waals surface area (Å²) in [4.78, 5) is 48.4. The minimum absolute atomic E-state index is 0.0443. The molecular weight excluding hydrogens is 374 g/mol. The fourth-order valence-corrected chi connectivity index (χ4v) is 3.37. The van der Waals surface area contributed by atoms with Crippen LogP contribution in [0.4, 0.5) is 0 Å². The van der Waals surface area contributed by atoms with E-state index in [4.69, 9.17) is 5.73 Å². The zero-order valence-corrected chi connectivity index (χ0v) is 17.9. The van der Waals surface area contributed by atoms with Gasteiger partial charge in [-0.05, 0) is 25.2 Å². The molecule has 0 aromatic carbocycles. The lowest BCUT2D eigenvalue weighted by atomic mass is 9.84. The maximum Gasteiger partial charge on any atom is 0.243 e. The first-order valence-electron chi connectivity index (χ1n) is 10.6. The molecule has 1 rings (SSSR count). The van der Waals surface area contributed by atoms with Crippen LogP contribution in [0.1, 0.15) is 59.3 Å². The Morgan fingerprint density at radius 3 is 2.07 bits per heavy atom. The van der Waals surface area contributed by atoms with Gasteiger partial charge in [-0.25, -0.2) is 0 Å². The second kappa shape index (κ2) is 13.1. The van der Waals surface area contributed by atoms with Crippen LogP contribution < -0.4 is 27.0 Å². The van der Waals surface area contributed by atoms with Gasteiger partial charge < -0.3 is 27.0 Å². The van der Waals surface area contributed by atoms with Crippen molar-refractivity contribution in [3.05, 3.63) is 0 Å². The lowest BCUT2D eigenvalue weighted by Crippen LogP contribution is -2.53. The SMILES string of the molecule is CCNC(=O)CNC(=O)C(CC1CCCCC1)NC(=O)CNC(=O)C(N)C(C)C. The third-order valence-corrected chi connectivity index (χ3v) is 5.19. The molecular formula is C20H37N5O4. The Bertz CT molecular complexity index is 561. The summed E-state index contributed by atoms with van der Waals surface area (Å²) in [5.41, 5.74) is 5.77. The van der Waals surface area contributed by atoms with E-state index < -0.39 is 23.9 Å². The first kappa shape index (κ1) is 24.9. The van der Waals surface area contributed by atoms with Crippen LogP contribution in [0.3, 0.4) is 0 Å². The van der Waals surface area contributed by atoms with Gasteiger partial charge in [-0.2, -0.15) is 0 Å². The minimum Gasteiger partial charge on any atom is -0.355 e. The number of rotatable bonds is 11. The van der Waals surface area contributed by atoms with E-state index in [1.54, 1.807) is 6.92 Å². The molecule has 0 heterocycles. The van der Waals surface area contributed by atoms with Crippen molar-refractivity contribution < 1.29 is 19.2 Å². The van der Waals surface area contributed by atoms with E-state index in [1.807, 2.05) is 13.8 Å². The van der Waals surface area contributed by atoms with Crippen molar-refractivity contribution in [1.82, 2.24) is 21.3 Å². The first-order valence-corrected chi connectivity index (χ1v) is 10.6. The van der Waals surface area contributed by atoms with Gasteiger partial charge in [-0.1, -0.05) is 46.0 Å². The molecule has 166 valence electrons. The van der Waals surface area contributed by atoms with Gasteiger partial charge in [0.15, 0.2) is 0 Å². The molecule has 0 aromatic heterocycles. The lowest BCUT2D eigenvalue weighted by molar-refractivity contribution is -0.131. The van der Waals surface area contributed by atoms with Crippen molar-refractivity contribution in [3.63, 3.8) is 0 Å². The monoisotopic (exact) mass is 411 g/mol. The van der Waals surface area contributed by atoms with Crippen molar-refractivity contribution in [2.24, 2.45) is 17.6 Å². The molecule has 1 saturated carbocycles. The van der Waals surface area contributed by atoms with E-state index in [-0.39, 0.29) is 30.8 Å². The van der Waals surface area contributed by atoms with Crippen LogP contribution in [-0.2, 0) is 19.2 Å². The van der Waals surface area contributed by atoms with E-state index >= 15 is 0 Å². The van der Waals surface area contributed by atoms with Crippen molar-refractivity contribution >= 4 is 23.6 Å². The number of amides is 4. The predicted molar refractivity (Wildman–Crippen MR) is 111 cm³/mol. The van der Waals surface area contributed by atoms with E-state index in [9.17, 15) is 19.2 Å². The molecule has 0 saturated heterocycles. The number of likely N-dealkylation sites (N-methyl/N-ethyl adjacent to an activating group) is 1. The maximum atomic E-state index is 12.6. The number of hydrogen-bond donors (Lipinski definition) is 5. The van der Waals surface area contributed by atoms with Crippen molar-refractivity contribution in [3.8, 4) is 0 Å². The van der Waals surface area contributed by atoms with Gasteiger partial charge in [-0.15, -0.1) is 0 Å². The second-order valence-electron chi connectivity index (χ2n) is 8.02. The zero-order chi connectivity index (χ0) is 21.8. The van der Waals surface area contributed by atoms with Crippen LogP contribution in [0.25, 0.3) is 0 Å². The average molecular weight is 412 g/mol. The normalized spacial score (nSPS) is 16.6. The fourth-order valence-electron chi connectivity index (χ4n) is 3.37. The maximum absolute atomic E-state index is 12.6. The summed E-state index contributed by atoms with van der Waals surface area (Å²) in [5, 5.41) is 10.4. The van der Waals surface area contributed by atoms with Crippen LogP contribution in [0.15, 0.2) is 0 Å². The topological polar surface area (TPSA) is 142 Å². The molecule has 0 aromatic rings. The highest BCUT2D eigenvalue weighted by molar-refractivity contribution is 5.92. The molecule has 1 aliphatic carbocycles. The molecule has 9 heteroatoms. The van der Waals surface area contributed by atoms with Crippen molar-refractivity contribution in [1.29, 1.82) is 0 Å². The zero-order valence-electron chi connectivity index (χ0n) is 17.9. The Morgan fingerprint density at radius 2 is 1.48 bits per heavy atom. The number of carbonyl (C=O) groups excluding carboxylic acids is 4. The van der Waals surface area contributed by atoms with E-state index in [1.165, 1.54) is 6.42 Å². The van der Waals surface area contributed by atoms with Crippen molar-refractivity contribution in [2.45, 2.75) is 71.4 Å². The number of carbonyl (C=O) groups is 4. The van der Waals surface area contributed by atoms with Crippen LogP contribution in [0.2, 0.25) is 0 Å². The Balaban J connectivity index is 2.61. The fraction of sp³-hybridized carbons (Fsp3) is 0.800. The van der Waals surface area contributed by atoms with Gasteiger partial charge >= 0.3 is 0 Å². The van der Waals surface area contributed by atoms with E-state index in [2.05, 4.69) is 21.3 Å². The Morgan fingerprint density at radius 1 is 0.897 bits per heavy atom. The molecule has 0 aliphatic heterocycles. The van der Waals surface area contributed by atoms with Gasteiger partial charge in [-0.3, -0.25) is 19.2 Å². The molecule has 4 amide bonds. The van der Waals surface area contributed by atoms with Gasteiger partial charge in [0.2, 0.25) is 23.6 Å². The molecule has 2 atom stereocenters. The van der Waals surface area contributed by atoms with Crippen molar-refractivity contribution in [2.75, 3.05) is 19.6 Å². The summed E-state index contributed by atoms with van der Waals surface area (Å²) in [5.74, 6) is -1.22. The average Bonchev–Trinajstić information content (AvgIpc) is 2.70.